The van der Waals surface area contributed by atoms with Gasteiger partial charge in [-0.3, -0.25) is 4.79 Å². The van der Waals surface area contributed by atoms with Gasteiger partial charge in [0.2, 0.25) is 0 Å². The highest BCUT2D eigenvalue weighted by atomic mass is 16.3. The van der Waals surface area contributed by atoms with Crippen LogP contribution in [0.15, 0.2) is 47.1 Å². The van der Waals surface area contributed by atoms with Gasteiger partial charge >= 0.3 is 0 Å². The number of benzene rings is 1. The lowest BCUT2D eigenvalue weighted by atomic mass is 10.1. The van der Waals surface area contributed by atoms with E-state index in [0.29, 0.717) is 11.5 Å². The zero-order chi connectivity index (χ0) is 18.1. The number of rotatable bonds is 6. The van der Waals surface area contributed by atoms with Crippen molar-refractivity contribution < 1.29 is 9.21 Å². The molecule has 0 aliphatic heterocycles. The van der Waals surface area contributed by atoms with Gasteiger partial charge in [0.15, 0.2) is 0 Å². The number of carbonyl (C=O) groups excluding carboxylic acids is 1. The molecule has 1 atom stereocenters. The van der Waals surface area contributed by atoms with Crippen molar-refractivity contribution in [2.45, 2.75) is 39.3 Å². The smallest absolute Gasteiger partial charge is 0.251 e. The minimum atomic E-state index is -0.0994. The normalized spacial score (nSPS) is 15.0. The molecule has 0 bridgehead atoms. The van der Waals surface area contributed by atoms with Crippen LogP contribution in [0.4, 0.5) is 0 Å². The SMILES string of the molecule is CCn1ncnc1C(NC(=O)c1cccc(-c2ccc(C)o2)c1)C1CC1. The fourth-order valence-electron chi connectivity index (χ4n) is 3.21. The largest absolute Gasteiger partial charge is 0.461 e. The Morgan fingerprint density at radius 1 is 1.35 bits per heavy atom. The fraction of sp³-hybridized carbons (Fsp3) is 0.350. The molecule has 1 aliphatic rings. The predicted molar refractivity (Wildman–Crippen MR) is 97.5 cm³/mol. The minimum absolute atomic E-state index is 0.0977. The van der Waals surface area contributed by atoms with Gasteiger partial charge in [0.1, 0.15) is 23.7 Å². The number of nitrogens with zero attached hydrogens (tertiary/aromatic N) is 3. The summed E-state index contributed by atoms with van der Waals surface area (Å²) in [7, 11) is 0. The summed E-state index contributed by atoms with van der Waals surface area (Å²) in [6, 6.07) is 11.3. The molecule has 134 valence electrons. The van der Waals surface area contributed by atoms with Crippen molar-refractivity contribution in [2.75, 3.05) is 0 Å². The lowest BCUT2D eigenvalue weighted by Gasteiger charge is -2.18. The van der Waals surface area contributed by atoms with Gasteiger partial charge in [-0.05, 0) is 56.9 Å². The molecule has 2 aromatic heterocycles. The molecular weight excluding hydrogens is 328 g/mol. The van der Waals surface area contributed by atoms with Gasteiger partial charge in [0.05, 0.1) is 6.04 Å². The van der Waals surface area contributed by atoms with Crippen LogP contribution in [0, 0.1) is 12.8 Å². The highest BCUT2D eigenvalue weighted by molar-refractivity contribution is 5.95. The van der Waals surface area contributed by atoms with Crippen molar-refractivity contribution in [1.29, 1.82) is 0 Å². The quantitative estimate of drug-likeness (QED) is 0.735. The molecule has 1 N–H and O–H groups in total. The monoisotopic (exact) mass is 350 g/mol. The Morgan fingerprint density at radius 3 is 2.88 bits per heavy atom. The molecule has 6 nitrogen and oxygen atoms in total. The third-order valence-corrected chi connectivity index (χ3v) is 4.75. The van der Waals surface area contributed by atoms with Gasteiger partial charge in [-0.25, -0.2) is 9.67 Å². The molecule has 2 heterocycles. The first-order valence-corrected chi connectivity index (χ1v) is 9.01. The third-order valence-electron chi connectivity index (χ3n) is 4.75. The molecule has 1 aromatic carbocycles. The summed E-state index contributed by atoms with van der Waals surface area (Å²) in [5.41, 5.74) is 1.51. The lowest BCUT2D eigenvalue weighted by molar-refractivity contribution is 0.0928. The number of amides is 1. The topological polar surface area (TPSA) is 73.0 Å². The van der Waals surface area contributed by atoms with Crippen LogP contribution < -0.4 is 5.32 Å². The number of aromatic nitrogens is 3. The molecule has 0 spiro atoms. The molecule has 4 rings (SSSR count). The number of nitrogens with one attached hydrogen (secondary N) is 1. The molecule has 1 amide bonds. The standard InChI is InChI=1S/C20H22N4O2/c1-3-24-19(21-12-22-24)18(14-8-9-14)23-20(25)16-6-4-5-15(11-16)17-10-7-13(2)26-17/h4-7,10-12,14,18H,3,8-9H2,1-2H3,(H,23,25). The highest BCUT2D eigenvalue weighted by Gasteiger charge is 2.36. The maximum Gasteiger partial charge on any atom is 0.251 e. The maximum absolute atomic E-state index is 12.9. The molecule has 6 heteroatoms. The van der Waals surface area contributed by atoms with Crippen molar-refractivity contribution in [1.82, 2.24) is 20.1 Å². The van der Waals surface area contributed by atoms with Crippen LogP contribution in [-0.2, 0) is 6.54 Å². The molecule has 3 aromatic rings. The van der Waals surface area contributed by atoms with Crippen LogP contribution in [0.25, 0.3) is 11.3 Å². The summed E-state index contributed by atoms with van der Waals surface area (Å²) in [4.78, 5) is 17.3. The molecule has 0 saturated heterocycles. The van der Waals surface area contributed by atoms with E-state index in [4.69, 9.17) is 4.42 Å². The van der Waals surface area contributed by atoms with Gasteiger partial charge in [0.25, 0.3) is 5.91 Å². The summed E-state index contributed by atoms with van der Waals surface area (Å²) in [5.74, 6) is 2.78. The summed E-state index contributed by atoms with van der Waals surface area (Å²) in [5, 5.41) is 7.41. The van der Waals surface area contributed by atoms with Crippen LogP contribution in [0.2, 0.25) is 0 Å². The summed E-state index contributed by atoms with van der Waals surface area (Å²) in [6.45, 7) is 4.67. The van der Waals surface area contributed by atoms with Gasteiger partial charge in [-0.2, -0.15) is 5.10 Å². The van der Waals surface area contributed by atoms with E-state index in [0.717, 1.165) is 42.3 Å². The van der Waals surface area contributed by atoms with Crippen LogP contribution in [0.3, 0.4) is 0 Å². The number of carbonyl (C=O) groups is 1. The van der Waals surface area contributed by atoms with Crippen molar-refractivity contribution in [2.24, 2.45) is 5.92 Å². The average molecular weight is 350 g/mol. The Morgan fingerprint density at radius 2 is 2.19 bits per heavy atom. The molecule has 1 aliphatic carbocycles. The van der Waals surface area contributed by atoms with Crippen molar-refractivity contribution in [3.8, 4) is 11.3 Å². The van der Waals surface area contributed by atoms with E-state index < -0.39 is 0 Å². The van der Waals surface area contributed by atoms with Gasteiger partial charge in [-0.15, -0.1) is 0 Å². The Balaban J connectivity index is 1.57. The van der Waals surface area contributed by atoms with Crippen LogP contribution in [-0.4, -0.2) is 20.7 Å². The second-order valence-electron chi connectivity index (χ2n) is 6.71. The molecule has 1 fully saturated rings. The van der Waals surface area contributed by atoms with Crippen molar-refractivity contribution in [3.05, 3.63) is 59.9 Å². The first kappa shape index (κ1) is 16.6. The third kappa shape index (κ3) is 3.27. The van der Waals surface area contributed by atoms with Crippen molar-refractivity contribution >= 4 is 5.91 Å². The number of hydrogen-bond donors (Lipinski definition) is 1. The van der Waals surface area contributed by atoms with E-state index in [-0.39, 0.29) is 11.9 Å². The summed E-state index contributed by atoms with van der Waals surface area (Å²) < 4.78 is 7.52. The minimum Gasteiger partial charge on any atom is -0.461 e. The predicted octanol–water partition coefficient (Wildman–Crippen LogP) is 3.75. The van der Waals surface area contributed by atoms with Gasteiger partial charge in [0, 0.05) is 17.7 Å². The molecule has 26 heavy (non-hydrogen) atoms. The zero-order valence-corrected chi connectivity index (χ0v) is 15.0. The Kier molecular flexibility index (Phi) is 4.32. The van der Waals surface area contributed by atoms with E-state index in [1.54, 1.807) is 6.33 Å². The molecule has 1 unspecified atom stereocenters. The second-order valence-corrected chi connectivity index (χ2v) is 6.71. The van der Waals surface area contributed by atoms with E-state index in [9.17, 15) is 4.79 Å². The number of hydrogen-bond acceptors (Lipinski definition) is 4. The van der Waals surface area contributed by atoms with Gasteiger partial charge in [-0.1, -0.05) is 12.1 Å². The lowest BCUT2D eigenvalue weighted by Crippen LogP contribution is -2.32. The van der Waals surface area contributed by atoms with Crippen LogP contribution in [0.1, 0.15) is 47.7 Å². The van der Waals surface area contributed by atoms with E-state index in [2.05, 4.69) is 15.4 Å². The molecular formula is C20H22N4O2. The maximum atomic E-state index is 12.9. The second kappa shape index (κ2) is 6.78. The van der Waals surface area contributed by atoms with E-state index >= 15 is 0 Å². The highest BCUT2D eigenvalue weighted by Crippen LogP contribution is 2.40. The van der Waals surface area contributed by atoms with Crippen LogP contribution in [0.5, 0.6) is 0 Å². The van der Waals surface area contributed by atoms with E-state index in [1.807, 2.05) is 54.9 Å². The number of furan rings is 1. The summed E-state index contributed by atoms with van der Waals surface area (Å²) >= 11 is 0. The van der Waals surface area contributed by atoms with Crippen LogP contribution >= 0.6 is 0 Å². The Hall–Kier alpha value is -2.89. The Labute approximate surface area is 152 Å². The Bertz CT molecular complexity index is 923. The van der Waals surface area contributed by atoms with E-state index in [1.165, 1.54) is 0 Å². The molecule has 1 saturated carbocycles. The number of aryl methyl sites for hydroxylation is 2. The fourth-order valence-corrected chi connectivity index (χ4v) is 3.21. The van der Waals surface area contributed by atoms with Crippen molar-refractivity contribution in [3.63, 3.8) is 0 Å². The zero-order valence-electron chi connectivity index (χ0n) is 15.0. The average Bonchev–Trinajstić information content (AvgIpc) is 3.22. The summed E-state index contributed by atoms with van der Waals surface area (Å²) in [6.07, 6.45) is 3.76. The first-order chi connectivity index (χ1) is 12.7. The van der Waals surface area contributed by atoms with Gasteiger partial charge < -0.3 is 9.73 Å². The first-order valence-electron chi connectivity index (χ1n) is 9.01. The molecule has 0 radical (unpaired) electrons.